The predicted molar refractivity (Wildman–Crippen MR) is 76.4 cm³/mol. The lowest BCUT2D eigenvalue weighted by molar-refractivity contribution is 0.577. The minimum absolute atomic E-state index is 0.00866. The van der Waals surface area contributed by atoms with Gasteiger partial charge in [-0.1, -0.05) is 0 Å². The monoisotopic (exact) mass is 312 g/mol. The Morgan fingerprint density at radius 1 is 1.38 bits per heavy atom. The van der Waals surface area contributed by atoms with Gasteiger partial charge in [0.25, 0.3) is 0 Å². The number of benzene rings is 1. The summed E-state index contributed by atoms with van der Waals surface area (Å²) < 4.78 is 41.8. The Labute approximate surface area is 122 Å². The van der Waals surface area contributed by atoms with E-state index in [9.17, 15) is 12.8 Å². The van der Waals surface area contributed by atoms with E-state index in [2.05, 4.69) is 9.82 Å². The Hall–Kier alpha value is -1.77. The molecule has 21 heavy (non-hydrogen) atoms. The summed E-state index contributed by atoms with van der Waals surface area (Å²) >= 11 is 0. The Morgan fingerprint density at radius 3 is 2.76 bits per heavy atom. The zero-order valence-electron chi connectivity index (χ0n) is 11.6. The van der Waals surface area contributed by atoms with E-state index in [4.69, 9.17) is 5.73 Å². The fraction of sp³-hybridized carbons (Fsp3) is 0.308. The normalized spacial score (nSPS) is 11.8. The average Bonchev–Trinajstić information content (AvgIpc) is 2.84. The third-order valence-electron chi connectivity index (χ3n) is 3.14. The molecular weight excluding hydrogens is 295 g/mol. The molecule has 0 radical (unpaired) electrons. The number of halogens is 1. The van der Waals surface area contributed by atoms with Gasteiger partial charge in [0, 0.05) is 44.0 Å². The molecule has 2 aromatic rings. The van der Waals surface area contributed by atoms with E-state index in [1.54, 1.807) is 17.9 Å². The van der Waals surface area contributed by atoms with Crippen molar-refractivity contribution in [1.29, 1.82) is 0 Å². The Balaban J connectivity index is 2.06. The second kappa shape index (κ2) is 6.33. The first-order valence-electron chi connectivity index (χ1n) is 6.39. The molecular formula is C13H17FN4O2S. The molecule has 0 unspecified atom stereocenters. The number of sulfonamides is 1. The molecule has 0 fully saturated rings. The number of nitrogens with zero attached hydrogens (tertiary/aromatic N) is 2. The molecule has 1 heterocycles. The predicted octanol–water partition coefficient (Wildman–Crippen LogP) is 0.539. The first-order chi connectivity index (χ1) is 9.94. The van der Waals surface area contributed by atoms with Gasteiger partial charge in [0.15, 0.2) is 0 Å². The highest BCUT2D eigenvalue weighted by Crippen LogP contribution is 2.14. The molecule has 6 nitrogen and oxygen atoms in total. The topological polar surface area (TPSA) is 90.0 Å². The zero-order chi connectivity index (χ0) is 15.5. The first kappa shape index (κ1) is 15.6. The quantitative estimate of drug-likeness (QED) is 0.814. The van der Waals surface area contributed by atoms with E-state index in [0.717, 1.165) is 11.8 Å². The smallest absolute Gasteiger partial charge is 0.240 e. The molecule has 0 aliphatic carbocycles. The lowest BCUT2D eigenvalue weighted by Gasteiger charge is -2.08. The summed E-state index contributed by atoms with van der Waals surface area (Å²) in [6, 6.07) is 5.40. The van der Waals surface area contributed by atoms with Crippen LogP contribution in [-0.4, -0.2) is 24.7 Å². The second-order valence-electron chi connectivity index (χ2n) is 4.55. The minimum atomic E-state index is -3.68. The number of aromatic nitrogens is 2. The van der Waals surface area contributed by atoms with Crippen molar-refractivity contribution in [3.05, 3.63) is 47.5 Å². The number of hydrogen-bond donors (Lipinski definition) is 2. The van der Waals surface area contributed by atoms with Gasteiger partial charge < -0.3 is 5.73 Å². The van der Waals surface area contributed by atoms with Gasteiger partial charge in [0.1, 0.15) is 5.82 Å². The van der Waals surface area contributed by atoms with Crippen LogP contribution in [0.15, 0.2) is 35.4 Å². The number of aryl methyl sites for hydroxylation is 1. The Kier molecular flexibility index (Phi) is 4.71. The van der Waals surface area contributed by atoms with E-state index < -0.39 is 15.8 Å². The van der Waals surface area contributed by atoms with Gasteiger partial charge >= 0.3 is 0 Å². The molecule has 0 aliphatic rings. The van der Waals surface area contributed by atoms with Crippen LogP contribution < -0.4 is 10.5 Å². The van der Waals surface area contributed by atoms with Gasteiger partial charge in [-0.25, -0.2) is 17.5 Å². The summed E-state index contributed by atoms with van der Waals surface area (Å²) in [6.45, 7) is 0.182. The standard InChI is InChI=1S/C13H17FN4O2S/c1-18-11(4-6-16-18)5-7-17-21(19,20)12-2-3-13(14)10(8-12)9-15/h2-4,6,8,17H,5,7,9,15H2,1H3. The molecule has 0 saturated carbocycles. The van der Waals surface area contributed by atoms with Gasteiger partial charge in [-0.15, -0.1) is 0 Å². The van der Waals surface area contributed by atoms with Crippen molar-refractivity contribution in [1.82, 2.24) is 14.5 Å². The molecule has 0 saturated heterocycles. The van der Waals surface area contributed by atoms with Crippen molar-refractivity contribution in [3.63, 3.8) is 0 Å². The summed E-state index contributed by atoms with van der Waals surface area (Å²) in [4.78, 5) is 0.00866. The summed E-state index contributed by atoms with van der Waals surface area (Å²) in [5.41, 5.74) is 6.47. The number of nitrogens with one attached hydrogen (secondary N) is 1. The van der Waals surface area contributed by atoms with Gasteiger partial charge in [-0.2, -0.15) is 5.10 Å². The molecule has 0 amide bonds. The maximum atomic E-state index is 13.3. The van der Waals surface area contributed by atoms with Crippen LogP contribution in [0.5, 0.6) is 0 Å². The molecule has 2 rings (SSSR count). The third-order valence-corrected chi connectivity index (χ3v) is 4.60. The maximum Gasteiger partial charge on any atom is 0.240 e. The summed E-state index contributed by atoms with van der Waals surface area (Å²) in [5, 5.41) is 4.01. The van der Waals surface area contributed by atoms with E-state index in [1.165, 1.54) is 12.1 Å². The van der Waals surface area contributed by atoms with Crippen LogP contribution in [-0.2, 0) is 30.0 Å². The molecule has 8 heteroatoms. The van der Waals surface area contributed by atoms with Crippen molar-refractivity contribution in [2.75, 3.05) is 6.54 Å². The van der Waals surface area contributed by atoms with Crippen molar-refractivity contribution in [3.8, 4) is 0 Å². The lowest BCUT2D eigenvalue weighted by Crippen LogP contribution is -2.26. The SMILES string of the molecule is Cn1nccc1CCNS(=O)(=O)c1ccc(F)c(CN)c1. The molecule has 0 bridgehead atoms. The molecule has 3 N–H and O–H groups in total. The zero-order valence-corrected chi connectivity index (χ0v) is 12.4. The Morgan fingerprint density at radius 2 is 2.14 bits per heavy atom. The van der Waals surface area contributed by atoms with Crippen LogP contribution >= 0.6 is 0 Å². The summed E-state index contributed by atoms with van der Waals surface area (Å²) in [6.07, 6.45) is 2.16. The van der Waals surface area contributed by atoms with Crippen molar-refractivity contribution >= 4 is 10.0 Å². The van der Waals surface area contributed by atoms with Crippen molar-refractivity contribution < 1.29 is 12.8 Å². The maximum absolute atomic E-state index is 13.3. The summed E-state index contributed by atoms with van der Waals surface area (Å²) in [5.74, 6) is -0.508. The molecule has 1 aromatic heterocycles. The highest BCUT2D eigenvalue weighted by molar-refractivity contribution is 7.89. The van der Waals surface area contributed by atoms with E-state index in [1.807, 2.05) is 6.07 Å². The lowest BCUT2D eigenvalue weighted by atomic mass is 10.2. The largest absolute Gasteiger partial charge is 0.326 e. The third kappa shape index (κ3) is 3.66. The van der Waals surface area contributed by atoms with Crippen LogP contribution in [0.3, 0.4) is 0 Å². The van der Waals surface area contributed by atoms with Crippen LogP contribution in [0.2, 0.25) is 0 Å². The van der Waals surface area contributed by atoms with Crippen molar-refractivity contribution in [2.24, 2.45) is 12.8 Å². The van der Waals surface area contributed by atoms with Gasteiger partial charge in [-0.3, -0.25) is 4.68 Å². The highest BCUT2D eigenvalue weighted by Gasteiger charge is 2.15. The molecule has 0 spiro atoms. The van der Waals surface area contributed by atoms with Gasteiger partial charge in [0.05, 0.1) is 4.90 Å². The van der Waals surface area contributed by atoms with Gasteiger partial charge in [-0.05, 0) is 24.3 Å². The van der Waals surface area contributed by atoms with E-state index >= 15 is 0 Å². The van der Waals surface area contributed by atoms with Gasteiger partial charge in [0.2, 0.25) is 10.0 Å². The van der Waals surface area contributed by atoms with Crippen LogP contribution in [0.4, 0.5) is 4.39 Å². The molecule has 0 aliphatic heterocycles. The highest BCUT2D eigenvalue weighted by atomic mass is 32.2. The van der Waals surface area contributed by atoms with E-state index in [0.29, 0.717) is 6.42 Å². The Bertz CT molecular complexity index is 728. The number of hydrogen-bond acceptors (Lipinski definition) is 4. The first-order valence-corrected chi connectivity index (χ1v) is 7.87. The van der Waals surface area contributed by atoms with Crippen LogP contribution in [0, 0.1) is 5.82 Å². The minimum Gasteiger partial charge on any atom is -0.326 e. The molecule has 1 aromatic carbocycles. The average molecular weight is 312 g/mol. The van der Waals surface area contributed by atoms with Crippen LogP contribution in [0.25, 0.3) is 0 Å². The number of rotatable bonds is 6. The number of nitrogens with two attached hydrogens (primary N) is 1. The fourth-order valence-electron chi connectivity index (χ4n) is 1.92. The van der Waals surface area contributed by atoms with E-state index in [-0.39, 0.29) is 23.5 Å². The molecule has 114 valence electrons. The summed E-state index contributed by atoms with van der Waals surface area (Å²) in [7, 11) is -1.89. The van der Waals surface area contributed by atoms with Crippen molar-refractivity contribution in [2.45, 2.75) is 17.9 Å². The van der Waals surface area contributed by atoms with Crippen LogP contribution in [0.1, 0.15) is 11.3 Å². The second-order valence-corrected chi connectivity index (χ2v) is 6.32. The fourth-order valence-corrected chi connectivity index (χ4v) is 3.00. The molecule has 0 atom stereocenters.